The van der Waals surface area contributed by atoms with Crippen LogP contribution in [0.5, 0.6) is 11.5 Å². The molecule has 10 nitrogen and oxygen atoms in total. The summed E-state index contributed by atoms with van der Waals surface area (Å²) in [5, 5.41) is 39.4. The van der Waals surface area contributed by atoms with Gasteiger partial charge in [-0.15, -0.1) is 0 Å². The number of nitrogens with one attached hydrogen (secondary N) is 3. The quantitative estimate of drug-likeness (QED) is 0.0644. The molecule has 322 valence electrons. The van der Waals surface area contributed by atoms with Crippen LogP contribution in [0, 0.1) is 41.4 Å². The number of phenolic OH excluding ortho intramolecular Hbond substituents is 1. The van der Waals surface area contributed by atoms with Gasteiger partial charge in [-0.2, -0.15) is 0 Å². The topological polar surface area (TPSA) is 170 Å². The van der Waals surface area contributed by atoms with Crippen molar-refractivity contribution in [2.75, 3.05) is 26.7 Å². The summed E-state index contributed by atoms with van der Waals surface area (Å²) in [7, 11) is 1.51. The van der Waals surface area contributed by atoms with Gasteiger partial charge in [-0.25, -0.2) is 0 Å². The summed E-state index contributed by atoms with van der Waals surface area (Å²) in [6, 6.07) is 15.7. The van der Waals surface area contributed by atoms with Crippen molar-refractivity contribution in [2.24, 2.45) is 35.3 Å². The molecule has 2 aromatic carbocycles. The number of phenols is 1. The van der Waals surface area contributed by atoms with E-state index in [2.05, 4.69) is 53.4 Å². The third-order valence-corrected chi connectivity index (χ3v) is 12.9. The Morgan fingerprint density at radius 3 is 2.55 bits per heavy atom. The number of hydrogen-bond acceptors (Lipinski definition) is 9. The molecule has 3 aromatic rings. The minimum atomic E-state index is -0.645. The number of aromatic nitrogens is 1. The first-order chi connectivity index (χ1) is 28.9. The number of Topliss-reactive ketones (excluding diaryl/α,β-unsaturated/α-hetero) is 2. The lowest BCUT2D eigenvalue weighted by Crippen LogP contribution is -2.33. The van der Waals surface area contributed by atoms with Gasteiger partial charge in [0.25, 0.3) is 0 Å². The number of rotatable bonds is 15. The van der Waals surface area contributed by atoms with E-state index in [-0.39, 0.29) is 59.7 Å². The van der Waals surface area contributed by atoms with Gasteiger partial charge in [0, 0.05) is 56.2 Å². The second-order valence-corrected chi connectivity index (χ2v) is 17.6. The maximum atomic E-state index is 14.6. The highest BCUT2D eigenvalue weighted by atomic mass is 16.5. The monoisotopic (exact) mass is 818 g/mol. The summed E-state index contributed by atoms with van der Waals surface area (Å²) in [6.07, 6.45) is 10.5. The van der Waals surface area contributed by atoms with Crippen molar-refractivity contribution < 1.29 is 29.6 Å². The summed E-state index contributed by atoms with van der Waals surface area (Å²) in [6.45, 7) is 7.99. The lowest BCUT2D eigenvalue weighted by Gasteiger charge is -2.33. The molecular formula is C50H66N4O6. The number of carbonyl (C=O) groups is 2. The van der Waals surface area contributed by atoms with Crippen molar-refractivity contribution in [3.8, 4) is 23.3 Å². The number of H-pyrrole nitrogens is 1. The van der Waals surface area contributed by atoms with E-state index in [1.165, 1.54) is 7.11 Å². The molecule has 8 N–H and O–H groups in total. The number of aliphatic hydroxyl groups excluding tert-OH is 2. The zero-order valence-corrected chi connectivity index (χ0v) is 35.9. The minimum Gasteiger partial charge on any atom is -0.504 e. The Labute approximate surface area is 356 Å². The lowest BCUT2D eigenvalue weighted by atomic mass is 9.73. The smallest absolute Gasteiger partial charge is 0.160 e. The van der Waals surface area contributed by atoms with Gasteiger partial charge in [-0.05, 0) is 121 Å². The molecule has 3 aliphatic rings. The summed E-state index contributed by atoms with van der Waals surface area (Å²) in [5.41, 5.74) is 12.2. The zero-order valence-electron chi connectivity index (χ0n) is 35.9. The van der Waals surface area contributed by atoms with Gasteiger partial charge in [-0.3, -0.25) is 9.59 Å². The largest absolute Gasteiger partial charge is 0.504 e. The normalized spacial score (nSPS) is 24.3. The number of ketones is 2. The van der Waals surface area contributed by atoms with Gasteiger partial charge in [0.1, 0.15) is 11.6 Å². The minimum absolute atomic E-state index is 0.0146. The number of dihydropyridines is 1. The maximum absolute atomic E-state index is 14.6. The van der Waals surface area contributed by atoms with Gasteiger partial charge in [0.15, 0.2) is 11.5 Å². The van der Waals surface area contributed by atoms with Crippen molar-refractivity contribution >= 4 is 11.6 Å². The van der Waals surface area contributed by atoms with Crippen molar-refractivity contribution in [3.05, 3.63) is 106 Å². The van der Waals surface area contributed by atoms with Crippen LogP contribution in [0.2, 0.25) is 0 Å². The van der Waals surface area contributed by atoms with Crippen LogP contribution in [-0.2, 0) is 22.4 Å². The second kappa shape index (κ2) is 21.1. The van der Waals surface area contributed by atoms with Crippen LogP contribution in [0.3, 0.4) is 0 Å². The molecule has 6 rings (SSSR count). The molecule has 1 aliphatic heterocycles. The number of aliphatic hydroxyl groups is 2. The van der Waals surface area contributed by atoms with Crippen molar-refractivity contribution in [1.29, 1.82) is 0 Å². The van der Waals surface area contributed by atoms with Crippen LogP contribution in [0.4, 0.5) is 0 Å². The molecule has 0 radical (unpaired) electrons. The number of aromatic amines is 1. The highest BCUT2D eigenvalue weighted by Crippen LogP contribution is 2.45. The Morgan fingerprint density at radius 1 is 1.02 bits per heavy atom. The Balaban J connectivity index is 1.37. The third kappa shape index (κ3) is 11.7. The van der Waals surface area contributed by atoms with Crippen LogP contribution in [0.15, 0.2) is 78.3 Å². The average molecular weight is 819 g/mol. The van der Waals surface area contributed by atoms with E-state index in [4.69, 9.17) is 10.5 Å². The fourth-order valence-electron chi connectivity index (χ4n) is 9.83. The van der Waals surface area contributed by atoms with Crippen LogP contribution in [0.1, 0.15) is 112 Å². The van der Waals surface area contributed by atoms with Crippen molar-refractivity contribution in [1.82, 2.24) is 15.6 Å². The van der Waals surface area contributed by atoms with Crippen molar-refractivity contribution in [2.45, 2.75) is 109 Å². The van der Waals surface area contributed by atoms with Gasteiger partial charge in [0.2, 0.25) is 0 Å². The Kier molecular flexibility index (Phi) is 15.7. The molecule has 2 aliphatic carbocycles. The Hall–Kier alpha value is -4.82. The number of benzene rings is 2. The Morgan fingerprint density at radius 2 is 1.82 bits per heavy atom. The molecule has 0 amide bonds. The molecule has 0 saturated heterocycles. The molecule has 1 fully saturated rings. The number of aromatic hydroxyl groups is 1. The van der Waals surface area contributed by atoms with Gasteiger partial charge in [-0.1, -0.05) is 68.5 Å². The molecule has 10 heteroatoms. The third-order valence-electron chi connectivity index (χ3n) is 12.9. The number of allylic oxidation sites excluding steroid dienone is 2. The molecular weight excluding hydrogens is 753 g/mol. The first kappa shape index (κ1) is 44.7. The first-order valence-electron chi connectivity index (χ1n) is 22.1. The molecule has 60 heavy (non-hydrogen) atoms. The van der Waals surface area contributed by atoms with Crippen LogP contribution >= 0.6 is 0 Å². The number of methoxy groups -OCH3 is 1. The highest BCUT2D eigenvalue weighted by molar-refractivity contribution is 6.00. The summed E-state index contributed by atoms with van der Waals surface area (Å²) in [4.78, 5) is 31.8. The van der Waals surface area contributed by atoms with E-state index < -0.39 is 24.0 Å². The van der Waals surface area contributed by atoms with Crippen LogP contribution in [0.25, 0.3) is 0 Å². The van der Waals surface area contributed by atoms with Crippen LogP contribution in [-0.4, -0.2) is 70.8 Å². The lowest BCUT2D eigenvalue weighted by molar-refractivity contribution is -0.130. The highest BCUT2D eigenvalue weighted by Gasteiger charge is 2.41. The summed E-state index contributed by atoms with van der Waals surface area (Å²) < 4.78 is 5.49. The fraction of sp³-hybridized carbons (Fsp3) is 0.520. The number of ether oxygens (including phenoxy) is 1. The zero-order chi connectivity index (χ0) is 42.8. The molecule has 2 heterocycles. The molecule has 9 atom stereocenters. The van der Waals surface area contributed by atoms with Crippen LogP contribution < -0.4 is 21.1 Å². The van der Waals surface area contributed by atoms with Gasteiger partial charge < -0.3 is 41.4 Å². The number of carbonyl (C=O) groups excluding carboxylic acids is 2. The molecule has 1 saturated carbocycles. The molecule has 1 aromatic heterocycles. The predicted octanol–water partition coefficient (Wildman–Crippen LogP) is 6.80. The molecule has 0 bridgehead atoms. The van der Waals surface area contributed by atoms with Crippen molar-refractivity contribution in [3.63, 3.8) is 0 Å². The number of fused-ring (bicyclic) bond motifs is 2. The van der Waals surface area contributed by atoms with Gasteiger partial charge >= 0.3 is 0 Å². The number of nitrogens with two attached hydrogens (primary N) is 1. The summed E-state index contributed by atoms with van der Waals surface area (Å²) in [5.74, 6) is 7.26. The predicted molar refractivity (Wildman–Crippen MR) is 236 cm³/mol. The molecule has 9 unspecified atom stereocenters. The Bertz CT molecular complexity index is 2040. The SMILES string of the molecule is CCCC(C(O)Cc1cc(C(C)CNCC(C)O)c[nH]1)C1CC(CC2=CCNC(N)=C2)CC2C#CC(c3ccccc3)c3cc(O)c(OC)cc3CCC(=O)CC(=O)C2C1. The molecule has 0 spiro atoms. The van der Waals surface area contributed by atoms with E-state index >= 15 is 0 Å². The first-order valence-corrected chi connectivity index (χ1v) is 22.1. The van der Waals surface area contributed by atoms with E-state index in [1.807, 2.05) is 42.6 Å². The van der Waals surface area contributed by atoms with E-state index in [9.17, 15) is 24.9 Å². The fourth-order valence-corrected chi connectivity index (χ4v) is 9.83. The summed E-state index contributed by atoms with van der Waals surface area (Å²) >= 11 is 0. The average Bonchev–Trinajstić information content (AvgIpc) is 3.61. The standard InChI is InChI=1S/C50H66N4O6/c1-5-9-43(46(57)25-40-22-39(30-54-40)31(2)28-52-29-32(3)55)38-20-34(18-33-16-17-53-50(51)21-33)19-36-13-15-42(35-10-7-6-8-11-35)44-27-48(59)49(60-4)24-37(44)12-14-41(56)26-47(58)45(36)23-38/h6-8,10-11,16,21-22,24,27,30-32,34,36,38,42-43,45-46,52-55,57,59H,5,9,12,14,17-20,23,25-26,28-29,51H2,1-4H3. The second-order valence-electron chi connectivity index (χ2n) is 17.6. The number of aryl methyl sites for hydroxylation is 1. The maximum Gasteiger partial charge on any atom is 0.160 e. The van der Waals surface area contributed by atoms with E-state index in [0.29, 0.717) is 50.3 Å². The van der Waals surface area contributed by atoms with E-state index in [1.54, 1.807) is 19.1 Å². The number of hydrogen-bond donors (Lipinski definition) is 7. The van der Waals surface area contributed by atoms with E-state index in [0.717, 1.165) is 65.7 Å². The van der Waals surface area contributed by atoms with Gasteiger partial charge in [0.05, 0.1) is 37.5 Å².